The summed E-state index contributed by atoms with van der Waals surface area (Å²) in [4.78, 5) is 14.6. The predicted octanol–water partition coefficient (Wildman–Crippen LogP) is 2.48. The zero-order chi connectivity index (χ0) is 16.2. The van der Waals surface area contributed by atoms with E-state index in [2.05, 4.69) is 30.4 Å². The van der Waals surface area contributed by atoms with E-state index >= 15 is 0 Å². The van der Waals surface area contributed by atoms with Gasteiger partial charge in [-0.15, -0.1) is 0 Å². The van der Waals surface area contributed by atoms with Gasteiger partial charge < -0.3 is 15.0 Å². The number of ether oxygens (including phenoxy) is 1. The summed E-state index contributed by atoms with van der Waals surface area (Å²) < 4.78 is 7.29. The molecular weight excluding hydrogens is 290 g/mol. The number of hydrogen-bond donors (Lipinski definition) is 1. The summed E-state index contributed by atoms with van der Waals surface area (Å²) >= 11 is 0. The minimum atomic E-state index is -0.0864. The summed E-state index contributed by atoms with van der Waals surface area (Å²) in [6, 6.07) is 7.98. The summed E-state index contributed by atoms with van der Waals surface area (Å²) in [7, 11) is 4.12. The van der Waals surface area contributed by atoms with Crippen molar-refractivity contribution in [2.75, 3.05) is 33.8 Å². The fourth-order valence-electron chi connectivity index (χ4n) is 2.66. The molecule has 23 heavy (non-hydrogen) atoms. The maximum Gasteiger partial charge on any atom is 0.326 e. The number of rotatable bonds is 7. The zero-order valence-corrected chi connectivity index (χ0v) is 13.9. The molecule has 0 aliphatic heterocycles. The van der Waals surface area contributed by atoms with E-state index < -0.39 is 0 Å². The molecule has 0 radical (unpaired) electrons. The lowest BCUT2D eigenvalue weighted by molar-refractivity contribution is 0.122. The van der Waals surface area contributed by atoms with Crippen LogP contribution in [0.5, 0.6) is 0 Å². The van der Waals surface area contributed by atoms with Gasteiger partial charge in [0.05, 0.1) is 18.2 Å². The molecule has 5 nitrogen and oxygen atoms in total. The Kier molecular flexibility index (Phi) is 4.98. The number of para-hydroxylation sites is 1. The van der Waals surface area contributed by atoms with Crippen molar-refractivity contribution in [2.24, 2.45) is 0 Å². The Morgan fingerprint density at radius 1 is 1.35 bits per heavy atom. The van der Waals surface area contributed by atoms with Crippen LogP contribution < -0.4 is 5.32 Å². The van der Waals surface area contributed by atoms with Gasteiger partial charge in [0.25, 0.3) is 0 Å². The first-order valence-corrected chi connectivity index (χ1v) is 8.28. The third-order valence-electron chi connectivity index (χ3n) is 4.10. The van der Waals surface area contributed by atoms with Crippen LogP contribution in [0.3, 0.4) is 0 Å². The average Bonchev–Trinajstić information content (AvgIpc) is 3.29. The fraction of sp³-hybridized carbons (Fsp3) is 0.500. The minimum Gasteiger partial charge on any atom is -0.376 e. The molecule has 124 valence electrons. The lowest BCUT2D eigenvalue weighted by atomic mass is 10.1. The van der Waals surface area contributed by atoms with Crippen LogP contribution in [0.2, 0.25) is 0 Å². The molecule has 1 aliphatic rings. The number of carbonyl (C=O) groups excluding carboxylic acids is 1. The molecule has 3 rings (SSSR count). The number of fused-ring (bicyclic) bond motifs is 1. The van der Waals surface area contributed by atoms with E-state index in [4.69, 9.17) is 4.74 Å². The van der Waals surface area contributed by atoms with Gasteiger partial charge in [0.2, 0.25) is 0 Å². The Labute approximate surface area is 137 Å². The van der Waals surface area contributed by atoms with E-state index in [0.717, 1.165) is 36.7 Å². The van der Waals surface area contributed by atoms with E-state index in [1.807, 2.05) is 24.4 Å². The molecule has 0 saturated heterocycles. The van der Waals surface area contributed by atoms with Crippen molar-refractivity contribution in [1.29, 1.82) is 0 Å². The molecule has 1 heterocycles. The van der Waals surface area contributed by atoms with Crippen molar-refractivity contribution in [1.82, 2.24) is 14.8 Å². The fourth-order valence-corrected chi connectivity index (χ4v) is 2.66. The summed E-state index contributed by atoms with van der Waals surface area (Å²) in [6.07, 6.45) is 5.64. The van der Waals surface area contributed by atoms with Gasteiger partial charge >= 0.3 is 6.03 Å². The van der Waals surface area contributed by atoms with Crippen LogP contribution in [0.15, 0.2) is 30.5 Å². The Balaban J connectivity index is 1.69. The summed E-state index contributed by atoms with van der Waals surface area (Å²) in [5.41, 5.74) is 2.17. The van der Waals surface area contributed by atoms with Gasteiger partial charge in [-0.25, -0.2) is 4.79 Å². The second-order valence-electron chi connectivity index (χ2n) is 6.40. The van der Waals surface area contributed by atoms with Gasteiger partial charge in [-0.05, 0) is 45.0 Å². The van der Waals surface area contributed by atoms with E-state index in [-0.39, 0.29) is 6.03 Å². The number of carbonyl (C=O) groups is 1. The van der Waals surface area contributed by atoms with E-state index in [1.165, 1.54) is 5.56 Å². The third kappa shape index (κ3) is 4.12. The topological polar surface area (TPSA) is 46.5 Å². The van der Waals surface area contributed by atoms with Crippen molar-refractivity contribution in [3.63, 3.8) is 0 Å². The van der Waals surface area contributed by atoms with Gasteiger partial charge in [0, 0.05) is 24.7 Å². The monoisotopic (exact) mass is 315 g/mol. The average molecular weight is 315 g/mol. The molecule has 1 saturated carbocycles. The number of hydrogen-bond acceptors (Lipinski definition) is 3. The molecule has 1 fully saturated rings. The number of aromatic nitrogens is 1. The highest BCUT2D eigenvalue weighted by molar-refractivity contribution is 5.93. The zero-order valence-electron chi connectivity index (χ0n) is 13.9. The number of benzene rings is 1. The van der Waals surface area contributed by atoms with Crippen LogP contribution in [0.4, 0.5) is 4.79 Å². The standard InChI is InChI=1S/C18H25N3O2/c1-20(2)11-9-14-13-21(17-6-4-3-5-16(14)17)18(22)19-10-12-23-15-7-8-15/h3-6,13,15H,7-12H2,1-2H3,(H,19,22). The van der Waals surface area contributed by atoms with Gasteiger partial charge in [0.1, 0.15) is 0 Å². The molecule has 1 N–H and O–H groups in total. The lowest BCUT2D eigenvalue weighted by Gasteiger charge is -2.08. The SMILES string of the molecule is CN(C)CCc1cn(C(=O)NCCOC2CC2)c2ccccc12. The maximum absolute atomic E-state index is 12.5. The molecule has 0 unspecified atom stereocenters. The van der Waals surface area contributed by atoms with Crippen LogP contribution in [0.25, 0.3) is 10.9 Å². The highest BCUT2D eigenvalue weighted by atomic mass is 16.5. The van der Waals surface area contributed by atoms with Crippen LogP contribution in [-0.4, -0.2) is 55.4 Å². The first-order valence-electron chi connectivity index (χ1n) is 8.28. The molecule has 1 aliphatic carbocycles. The van der Waals surface area contributed by atoms with Gasteiger partial charge in [-0.3, -0.25) is 4.57 Å². The Morgan fingerprint density at radius 3 is 2.87 bits per heavy atom. The molecular formula is C18H25N3O2. The maximum atomic E-state index is 12.5. The third-order valence-corrected chi connectivity index (χ3v) is 4.10. The van der Waals surface area contributed by atoms with Crippen LogP contribution in [0.1, 0.15) is 18.4 Å². The normalized spacial score (nSPS) is 14.6. The lowest BCUT2D eigenvalue weighted by Crippen LogP contribution is -2.31. The largest absolute Gasteiger partial charge is 0.376 e. The van der Waals surface area contributed by atoms with Crippen LogP contribution in [0, 0.1) is 0 Å². The predicted molar refractivity (Wildman–Crippen MR) is 92.0 cm³/mol. The van der Waals surface area contributed by atoms with E-state index in [1.54, 1.807) is 4.57 Å². The van der Waals surface area contributed by atoms with E-state index in [9.17, 15) is 4.79 Å². The second kappa shape index (κ2) is 7.15. The van der Waals surface area contributed by atoms with Crippen molar-refractivity contribution in [2.45, 2.75) is 25.4 Å². The molecule has 0 spiro atoms. The quantitative estimate of drug-likeness (QED) is 0.799. The second-order valence-corrected chi connectivity index (χ2v) is 6.40. The highest BCUT2D eigenvalue weighted by Gasteiger charge is 2.21. The summed E-state index contributed by atoms with van der Waals surface area (Å²) in [6.45, 7) is 2.10. The van der Waals surface area contributed by atoms with E-state index in [0.29, 0.717) is 19.3 Å². The molecule has 0 atom stereocenters. The summed E-state index contributed by atoms with van der Waals surface area (Å²) in [5.74, 6) is 0. The van der Waals surface area contributed by atoms with Crippen molar-refractivity contribution in [3.8, 4) is 0 Å². The number of nitrogens with zero attached hydrogens (tertiary/aromatic N) is 2. The Hall–Kier alpha value is -1.85. The van der Waals surface area contributed by atoms with Crippen molar-refractivity contribution >= 4 is 16.9 Å². The van der Waals surface area contributed by atoms with Gasteiger partial charge in [-0.2, -0.15) is 0 Å². The van der Waals surface area contributed by atoms with Gasteiger partial charge in [0.15, 0.2) is 0 Å². The Morgan fingerprint density at radius 2 is 2.13 bits per heavy atom. The first-order chi connectivity index (χ1) is 11.1. The van der Waals surface area contributed by atoms with Crippen LogP contribution >= 0.6 is 0 Å². The number of amides is 1. The molecule has 1 amide bonds. The number of nitrogens with one attached hydrogen (secondary N) is 1. The van der Waals surface area contributed by atoms with Crippen molar-refractivity contribution < 1.29 is 9.53 Å². The molecule has 5 heteroatoms. The van der Waals surface area contributed by atoms with Crippen LogP contribution in [-0.2, 0) is 11.2 Å². The Bertz CT molecular complexity index is 674. The smallest absolute Gasteiger partial charge is 0.326 e. The molecule has 2 aromatic rings. The number of likely N-dealkylation sites (N-methyl/N-ethyl adjacent to an activating group) is 1. The molecule has 1 aromatic carbocycles. The minimum absolute atomic E-state index is 0.0864. The summed E-state index contributed by atoms with van der Waals surface area (Å²) in [5, 5.41) is 4.09. The van der Waals surface area contributed by atoms with Gasteiger partial charge in [-0.1, -0.05) is 18.2 Å². The van der Waals surface area contributed by atoms with Crippen molar-refractivity contribution in [3.05, 3.63) is 36.0 Å². The molecule has 1 aromatic heterocycles. The highest BCUT2D eigenvalue weighted by Crippen LogP contribution is 2.23. The molecule has 0 bridgehead atoms. The first kappa shape index (κ1) is 16.0.